The van der Waals surface area contributed by atoms with Crippen molar-refractivity contribution in [1.29, 1.82) is 0 Å². The van der Waals surface area contributed by atoms with Gasteiger partial charge in [-0.05, 0) is 24.3 Å². The van der Waals surface area contributed by atoms with Crippen molar-refractivity contribution in [3.05, 3.63) is 12.2 Å². The predicted molar refractivity (Wildman–Crippen MR) is 70.1 cm³/mol. The second-order valence-electron chi connectivity index (χ2n) is 6.16. The topological polar surface area (TPSA) is 57.6 Å². The normalized spacial score (nSPS) is 17.8. The van der Waals surface area contributed by atoms with Crippen LogP contribution in [-0.2, 0) is 9.59 Å². The van der Waals surface area contributed by atoms with Crippen molar-refractivity contribution in [2.24, 2.45) is 11.3 Å². The highest BCUT2D eigenvalue weighted by atomic mass is 16.4. The zero-order chi connectivity index (χ0) is 13.9. The molecule has 102 valence electrons. The lowest BCUT2D eigenvalue weighted by atomic mass is 9.96. The molecule has 1 unspecified atom stereocenters. The third kappa shape index (κ3) is 4.90. The van der Waals surface area contributed by atoms with Gasteiger partial charge in [0.2, 0.25) is 5.91 Å². The molecule has 1 fully saturated rings. The molecule has 0 spiro atoms. The highest BCUT2D eigenvalue weighted by molar-refractivity contribution is 5.88. The van der Waals surface area contributed by atoms with Crippen LogP contribution in [0.5, 0.6) is 0 Å². The van der Waals surface area contributed by atoms with Crippen molar-refractivity contribution >= 4 is 11.9 Å². The summed E-state index contributed by atoms with van der Waals surface area (Å²) in [5.41, 5.74) is -0.0384. The van der Waals surface area contributed by atoms with Gasteiger partial charge < -0.3 is 10.0 Å². The van der Waals surface area contributed by atoms with Gasteiger partial charge in [0.25, 0.3) is 0 Å². The third-order valence-electron chi connectivity index (χ3n) is 2.89. The van der Waals surface area contributed by atoms with E-state index in [-0.39, 0.29) is 17.4 Å². The first-order valence-electron chi connectivity index (χ1n) is 6.43. The minimum atomic E-state index is -0.853. The SMILES string of the molecule is CC(CN(C(=O)C=CC(C)(C)C)C1CC1)C(=O)O. The number of carboxylic acids is 1. The average Bonchev–Trinajstić information content (AvgIpc) is 3.04. The molecule has 1 aliphatic rings. The molecule has 4 nitrogen and oxygen atoms in total. The Balaban J connectivity index is 2.65. The Morgan fingerprint density at radius 3 is 2.33 bits per heavy atom. The fraction of sp³-hybridized carbons (Fsp3) is 0.714. The molecule has 1 rings (SSSR count). The maximum absolute atomic E-state index is 12.1. The van der Waals surface area contributed by atoms with E-state index < -0.39 is 11.9 Å². The van der Waals surface area contributed by atoms with Gasteiger partial charge in [0, 0.05) is 12.6 Å². The lowest BCUT2D eigenvalue weighted by Crippen LogP contribution is -2.37. The Kier molecular flexibility index (Phi) is 4.54. The number of hydrogen-bond donors (Lipinski definition) is 1. The van der Waals surface area contributed by atoms with E-state index in [2.05, 4.69) is 0 Å². The zero-order valence-corrected chi connectivity index (χ0v) is 11.6. The minimum absolute atomic E-state index is 0.0384. The zero-order valence-electron chi connectivity index (χ0n) is 11.6. The van der Waals surface area contributed by atoms with Crippen molar-refractivity contribution in [3.8, 4) is 0 Å². The number of amides is 1. The lowest BCUT2D eigenvalue weighted by Gasteiger charge is -2.23. The molecule has 18 heavy (non-hydrogen) atoms. The lowest BCUT2D eigenvalue weighted by molar-refractivity contribution is -0.142. The molecule has 1 N–H and O–H groups in total. The van der Waals surface area contributed by atoms with Crippen LogP contribution < -0.4 is 0 Å². The standard InChI is InChI=1S/C14H23NO3/c1-10(13(17)18)9-15(11-5-6-11)12(16)7-8-14(2,3)4/h7-8,10-11H,5-6,9H2,1-4H3,(H,17,18). The van der Waals surface area contributed by atoms with Crippen LogP contribution in [0.4, 0.5) is 0 Å². The van der Waals surface area contributed by atoms with Crippen molar-refractivity contribution in [1.82, 2.24) is 4.90 Å². The van der Waals surface area contributed by atoms with Gasteiger partial charge in [-0.25, -0.2) is 0 Å². The molecular weight excluding hydrogens is 230 g/mol. The van der Waals surface area contributed by atoms with E-state index in [9.17, 15) is 9.59 Å². The van der Waals surface area contributed by atoms with Gasteiger partial charge in [0.15, 0.2) is 0 Å². The average molecular weight is 253 g/mol. The smallest absolute Gasteiger partial charge is 0.308 e. The van der Waals surface area contributed by atoms with E-state index in [0.717, 1.165) is 12.8 Å². The summed E-state index contributed by atoms with van der Waals surface area (Å²) < 4.78 is 0. The van der Waals surface area contributed by atoms with Crippen LogP contribution in [-0.4, -0.2) is 34.5 Å². The number of carbonyl (C=O) groups is 2. The first-order chi connectivity index (χ1) is 8.20. The largest absolute Gasteiger partial charge is 0.481 e. The van der Waals surface area contributed by atoms with E-state index in [1.807, 2.05) is 26.8 Å². The summed E-state index contributed by atoms with van der Waals surface area (Å²) in [6.07, 6.45) is 5.42. The third-order valence-corrected chi connectivity index (χ3v) is 2.89. The molecule has 0 saturated heterocycles. The Morgan fingerprint density at radius 2 is 1.94 bits per heavy atom. The maximum Gasteiger partial charge on any atom is 0.308 e. The van der Waals surface area contributed by atoms with Crippen molar-refractivity contribution < 1.29 is 14.7 Å². The summed E-state index contributed by atoms with van der Waals surface area (Å²) in [6, 6.07) is 0.240. The highest BCUT2D eigenvalue weighted by Crippen LogP contribution is 2.28. The Hall–Kier alpha value is -1.32. The molecule has 4 heteroatoms. The van der Waals surface area contributed by atoms with Crippen LogP contribution in [0.25, 0.3) is 0 Å². The van der Waals surface area contributed by atoms with Crippen LogP contribution >= 0.6 is 0 Å². The number of aliphatic carboxylic acids is 1. The molecule has 0 aliphatic heterocycles. The van der Waals surface area contributed by atoms with E-state index >= 15 is 0 Å². The predicted octanol–water partition coefficient (Wildman–Crippen LogP) is 2.30. The maximum atomic E-state index is 12.1. The molecule has 0 bridgehead atoms. The molecule has 1 aliphatic carbocycles. The van der Waals surface area contributed by atoms with Crippen molar-refractivity contribution in [3.63, 3.8) is 0 Å². The Morgan fingerprint density at radius 1 is 1.39 bits per heavy atom. The Bertz CT molecular complexity index is 351. The molecule has 0 aromatic rings. The van der Waals surface area contributed by atoms with Crippen LogP contribution in [0.1, 0.15) is 40.5 Å². The molecule has 0 radical (unpaired) electrons. The van der Waals surface area contributed by atoms with E-state index in [1.165, 1.54) is 0 Å². The molecule has 1 atom stereocenters. The highest BCUT2D eigenvalue weighted by Gasteiger charge is 2.33. The molecule has 0 aromatic heterocycles. The van der Waals surface area contributed by atoms with Gasteiger partial charge in [0.1, 0.15) is 0 Å². The molecule has 1 amide bonds. The molecular formula is C14H23NO3. The summed E-state index contributed by atoms with van der Waals surface area (Å²) >= 11 is 0. The van der Waals surface area contributed by atoms with Gasteiger partial charge in [-0.1, -0.05) is 33.8 Å². The van der Waals surface area contributed by atoms with Crippen molar-refractivity contribution in [2.45, 2.75) is 46.6 Å². The monoisotopic (exact) mass is 253 g/mol. The first-order valence-corrected chi connectivity index (χ1v) is 6.43. The summed E-state index contributed by atoms with van der Waals surface area (Å²) in [6.45, 7) is 8.01. The van der Waals surface area contributed by atoms with Gasteiger partial charge in [-0.15, -0.1) is 0 Å². The quantitative estimate of drug-likeness (QED) is 0.765. The minimum Gasteiger partial charge on any atom is -0.481 e. The van der Waals surface area contributed by atoms with Crippen LogP contribution in [0, 0.1) is 11.3 Å². The van der Waals surface area contributed by atoms with E-state index in [4.69, 9.17) is 5.11 Å². The molecule has 1 saturated carbocycles. The van der Waals surface area contributed by atoms with Gasteiger partial charge in [-0.2, -0.15) is 0 Å². The van der Waals surface area contributed by atoms with Crippen LogP contribution in [0.15, 0.2) is 12.2 Å². The summed E-state index contributed by atoms with van der Waals surface area (Å²) in [4.78, 5) is 24.6. The van der Waals surface area contributed by atoms with Gasteiger partial charge >= 0.3 is 5.97 Å². The fourth-order valence-electron chi connectivity index (χ4n) is 1.60. The fourth-order valence-corrected chi connectivity index (χ4v) is 1.60. The summed E-state index contributed by atoms with van der Waals surface area (Å²) in [7, 11) is 0. The molecule has 0 heterocycles. The Labute approximate surface area is 109 Å². The second-order valence-corrected chi connectivity index (χ2v) is 6.16. The van der Waals surface area contributed by atoms with E-state index in [1.54, 1.807) is 17.9 Å². The number of hydrogen-bond acceptors (Lipinski definition) is 2. The van der Waals surface area contributed by atoms with Crippen LogP contribution in [0.3, 0.4) is 0 Å². The number of nitrogens with zero attached hydrogens (tertiary/aromatic N) is 1. The van der Waals surface area contributed by atoms with E-state index in [0.29, 0.717) is 6.54 Å². The number of carbonyl (C=O) groups excluding carboxylic acids is 1. The number of carboxylic acid groups (broad SMARTS) is 1. The van der Waals surface area contributed by atoms with Crippen LogP contribution in [0.2, 0.25) is 0 Å². The summed E-state index contributed by atoms with van der Waals surface area (Å²) in [5.74, 6) is -1.44. The van der Waals surface area contributed by atoms with Gasteiger partial charge in [0.05, 0.1) is 5.92 Å². The number of rotatable bonds is 5. The second kappa shape index (κ2) is 5.55. The first kappa shape index (κ1) is 14.7. The molecule has 0 aromatic carbocycles. The number of allylic oxidation sites excluding steroid dienone is 1. The summed E-state index contributed by atoms with van der Waals surface area (Å²) in [5, 5.41) is 8.92. The van der Waals surface area contributed by atoms with Gasteiger partial charge in [-0.3, -0.25) is 9.59 Å². The van der Waals surface area contributed by atoms with Crippen molar-refractivity contribution in [2.75, 3.05) is 6.54 Å².